The molecular weight excluding hydrogens is 240 g/mol. The molecule has 0 spiro atoms. The van der Waals surface area contributed by atoms with Gasteiger partial charge in [-0.25, -0.2) is 0 Å². The van der Waals surface area contributed by atoms with Gasteiger partial charge in [-0.05, 0) is 38.8 Å². The Morgan fingerprint density at radius 3 is 2.39 bits per heavy atom. The highest BCUT2D eigenvalue weighted by Gasteiger charge is 2.23. The molecular formula is C15H30N2S. The standard InChI is InChI=1S/C15H30N2S/c1-4-17(13-9-6-5-7-10-13)12-8-11-15(2,3)14(16)18/h13H,4-12H2,1-3H3,(H2,16,18). The Morgan fingerprint density at radius 1 is 1.28 bits per heavy atom. The van der Waals surface area contributed by atoms with Crippen molar-refractivity contribution in [1.82, 2.24) is 4.90 Å². The summed E-state index contributed by atoms with van der Waals surface area (Å²) < 4.78 is 0. The van der Waals surface area contributed by atoms with Crippen molar-refractivity contribution in [3.63, 3.8) is 0 Å². The second-order valence-corrected chi connectivity index (χ2v) is 6.71. The Bertz CT molecular complexity index is 257. The first-order chi connectivity index (χ1) is 8.47. The van der Waals surface area contributed by atoms with Gasteiger partial charge in [0.1, 0.15) is 0 Å². The summed E-state index contributed by atoms with van der Waals surface area (Å²) in [6.07, 6.45) is 9.36. The van der Waals surface area contributed by atoms with Crippen molar-refractivity contribution < 1.29 is 0 Å². The summed E-state index contributed by atoms with van der Waals surface area (Å²) >= 11 is 5.13. The van der Waals surface area contributed by atoms with Crippen LogP contribution in [0.15, 0.2) is 0 Å². The van der Waals surface area contributed by atoms with Crippen molar-refractivity contribution in [2.45, 2.75) is 71.8 Å². The minimum atomic E-state index is 0.0152. The van der Waals surface area contributed by atoms with Gasteiger partial charge < -0.3 is 10.6 Å². The van der Waals surface area contributed by atoms with Gasteiger partial charge in [-0.3, -0.25) is 0 Å². The van der Waals surface area contributed by atoms with E-state index in [2.05, 4.69) is 25.7 Å². The average Bonchev–Trinajstić information content (AvgIpc) is 2.35. The molecule has 0 atom stereocenters. The second-order valence-electron chi connectivity index (χ2n) is 6.27. The predicted molar refractivity (Wildman–Crippen MR) is 83.9 cm³/mol. The van der Waals surface area contributed by atoms with E-state index in [-0.39, 0.29) is 5.41 Å². The minimum Gasteiger partial charge on any atom is -0.393 e. The van der Waals surface area contributed by atoms with Crippen LogP contribution in [-0.4, -0.2) is 29.0 Å². The Labute approximate surface area is 118 Å². The van der Waals surface area contributed by atoms with Gasteiger partial charge in [-0.2, -0.15) is 0 Å². The topological polar surface area (TPSA) is 29.3 Å². The summed E-state index contributed by atoms with van der Waals surface area (Å²) in [5, 5.41) is 0. The van der Waals surface area contributed by atoms with E-state index >= 15 is 0 Å². The fraction of sp³-hybridized carbons (Fsp3) is 0.933. The molecule has 1 saturated carbocycles. The quantitative estimate of drug-likeness (QED) is 0.715. The summed E-state index contributed by atoms with van der Waals surface area (Å²) in [7, 11) is 0. The van der Waals surface area contributed by atoms with Crippen LogP contribution in [0.2, 0.25) is 0 Å². The van der Waals surface area contributed by atoms with E-state index < -0.39 is 0 Å². The van der Waals surface area contributed by atoms with Gasteiger partial charge in [0.15, 0.2) is 0 Å². The molecule has 2 N–H and O–H groups in total. The Hall–Kier alpha value is -0.150. The molecule has 1 aliphatic carbocycles. The van der Waals surface area contributed by atoms with Crippen LogP contribution in [0.1, 0.15) is 65.7 Å². The summed E-state index contributed by atoms with van der Waals surface area (Å²) in [5.74, 6) is 0. The molecule has 2 nitrogen and oxygen atoms in total. The third kappa shape index (κ3) is 4.85. The Balaban J connectivity index is 2.33. The van der Waals surface area contributed by atoms with Crippen molar-refractivity contribution in [1.29, 1.82) is 0 Å². The first-order valence-electron chi connectivity index (χ1n) is 7.51. The second kappa shape index (κ2) is 7.44. The van der Waals surface area contributed by atoms with Gasteiger partial charge >= 0.3 is 0 Å². The normalized spacial score (nSPS) is 18.2. The molecule has 0 bridgehead atoms. The maximum absolute atomic E-state index is 5.78. The zero-order valence-corrected chi connectivity index (χ0v) is 13.2. The molecule has 0 radical (unpaired) electrons. The van der Waals surface area contributed by atoms with Crippen LogP contribution in [0.25, 0.3) is 0 Å². The first kappa shape index (κ1) is 15.9. The molecule has 0 aromatic rings. The number of hydrogen-bond acceptors (Lipinski definition) is 2. The zero-order valence-electron chi connectivity index (χ0n) is 12.4. The highest BCUT2D eigenvalue weighted by molar-refractivity contribution is 7.80. The summed E-state index contributed by atoms with van der Waals surface area (Å²) in [6, 6.07) is 0.830. The van der Waals surface area contributed by atoms with Crippen molar-refractivity contribution in [3.8, 4) is 0 Å². The molecule has 0 amide bonds. The van der Waals surface area contributed by atoms with Gasteiger partial charge in [0.05, 0.1) is 4.99 Å². The molecule has 0 saturated heterocycles. The van der Waals surface area contributed by atoms with Crippen LogP contribution in [0.3, 0.4) is 0 Å². The molecule has 106 valence electrons. The third-order valence-electron chi connectivity index (χ3n) is 4.41. The van der Waals surface area contributed by atoms with Gasteiger partial charge in [0.2, 0.25) is 0 Å². The molecule has 1 aliphatic rings. The SMILES string of the molecule is CCN(CCCC(C)(C)C(N)=S)C1CCCCC1. The van der Waals surface area contributed by atoms with Crippen LogP contribution >= 0.6 is 12.2 Å². The van der Waals surface area contributed by atoms with E-state index in [1.807, 2.05) is 0 Å². The lowest BCUT2D eigenvalue weighted by atomic mass is 9.87. The number of hydrogen-bond donors (Lipinski definition) is 1. The zero-order chi connectivity index (χ0) is 13.6. The highest BCUT2D eigenvalue weighted by Crippen LogP contribution is 2.25. The fourth-order valence-corrected chi connectivity index (χ4v) is 2.99. The summed E-state index contributed by atoms with van der Waals surface area (Å²) in [6.45, 7) is 8.98. The Morgan fingerprint density at radius 2 is 1.89 bits per heavy atom. The van der Waals surface area contributed by atoms with Gasteiger partial charge in [-0.15, -0.1) is 0 Å². The third-order valence-corrected chi connectivity index (χ3v) is 4.96. The van der Waals surface area contributed by atoms with E-state index in [0.717, 1.165) is 12.5 Å². The van der Waals surface area contributed by atoms with Crippen molar-refractivity contribution in [3.05, 3.63) is 0 Å². The summed E-state index contributed by atoms with van der Waals surface area (Å²) in [5.41, 5.74) is 5.80. The molecule has 1 rings (SSSR count). The molecule has 18 heavy (non-hydrogen) atoms. The number of nitrogens with two attached hydrogens (primary N) is 1. The van der Waals surface area contributed by atoms with Crippen molar-refractivity contribution in [2.24, 2.45) is 11.1 Å². The smallest absolute Gasteiger partial charge is 0.0784 e. The van der Waals surface area contributed by atoms with Gasteiger partial charge in [-0.1, -0.05) is 52.3 Å². The van der Waals surface area contributed by atoms with E-state index in [1.165, 1.54) is 51.6 Å². The molecule has 0 aromatic carbocycles. The first-order valence-corrected chi connectivity index (χ1v) is 7.92. The summed E-state index contributed by atoms with van der Waals surface area (Å²) in [4.78, 5) is 3.32. The van der Waals surface area contributed by atoms with E-state index in [9.17, 15) is 0 Å². The van der Waals surface area contributed by atoms with E-state index in [4.69, 9.17) is 18.0 Å². The lowest BCUT2D eigenvalue weighted by Crippen LogP contribution is -2.38. The molecule has 1 fully saturated rings. The monoisotopic (exact) mass is 270 g/mol. The molecule has 0 heterocycles. The number of thiocarbonyl (C=S) groups is 1. The number of nitrogens with zero attached hydrogens (tertiary/aromatic N) is 1. The van der Waals surface area contributed by atoms with Crippen LogP contribution in [-0.2, 0) is 0 Å². The van der Waals surface area contributed by atoms with Crippen LogP contribution in [0.4, 0.5) is 0 Å². The average molecular weight is 270 g/mol. The Kier molecular flexibility index (Phi) is 6.58. The molecule has 0 aliphatic heterocycles. The molecule has 0 unspecified atom stereocenters. The lowest BCUT2D eigenvalue weighted by Gasteiger charge is -2.34. The largest absolute Gasteiger partial charge is 0.393 e. The highest BCUT2D eigenvalue weighted by atomic mass is 32.1. The van der Waals surface area contributed by atoms with E-state index in [1.54, 1.807) is 0 Å². The van der Waals surface area contributed by atoms with Crippen LogP contribution < -0.4 is 5.73 Å². The minimum absolute atomic E-state index is 0.0152. The van der Waals surface area contributed by atoms with Gasteiger partial charge in [0.25, 0.3) is 0 Å². The molecule has 3 heteroatoms. The van der Waals surface area contributed by atoms with Crippen molar-refractivity contribution in [2.75, 3.05) is 13.1 Å². The molecule has 0 aromatic heterocycles. The van der Waals surface area contributed by atoms with Crippen LogP contribution in [0, 0.1) is 5.41 Å². The predicted octanol–water partition coefficient (Wildman–Crippen LogP) is 3.73. The maximum atomic E-state index is 5.78. The van der Waals surface area contributed by atoms with Crippen LogP contribution in [0.5, 0.6) is 0 Å². The lowest BCUT2D eigenvalue weighted by molar-refractivity contribution is 0.157. The van der Waals surface area contributed by atoms with E-state index in [0.29, 0.717) is 4.99 Å². The van der Waals surface area contributed by atoms with Gasteiger partial charge in [0, 0.05) is 11.5 Å². The fourth-order valence-electron chi connectivity index (χ4n) is 2.89. The number of rotatable bonds is 7. The van der Waals surface area contributed by atoms with Crippen molar-refractivity contribution >= 4 is 17.2 Å². The maximum Gasteiger partial charge on any atom is 0.0784 e.